The van der Waals surface area contributed by atoms with Crippen LogP contribution in [0.5, 0.6) is 5.75 Å². The van der Waals surface area contributed by atoms with Gasteiger partial charge in [0.2, 0.25) is 5.91 Å². The molecule has 1 unspecified atom stereocenters. The SMILES string of the molecule is CCC(C)(CC(=O)O)CC(=O)N1CCC2(CC1)OCCc1c2[nH]c2ccc(OC)cc12. The highest BCUT2D eigenvalue weighted by Gasteiger charge is 2.44. The summed E-state index contributed by atoms with van der Waals surface area (Å²) < 4.78 is 11.8. The zero-order chi connectivity index (χ0) is 22.2. The largest absolute Gasteiger partial charge is 0.497 e. The van der Waals surface area contributed by atoms with Crippen LogP contribution in [0.3, 0.4) is 0 Å². The second-order valence-electron chi connectivity index (χ2n) is 9.28. The van der Waals surface area contributed by atoms with Crippen molar-refractivity contribution >= 4 is 22.8 Å². The van der Waals surface area contributed by atoms with Gasteiger partial charge >= 0.3 is 5.97 Å². The summed E-state index contributed by atoms with van der Waals surface area (Å²) in [5, 5.41) is 10.4. The normalized spacial score (nSPS) is 19.8. The van der Waals surface area contributed by atoms with E-state index in [2.05, 4.69) is 11.1 Å². The van der Waals surface area contributed by atoms with Crippen LogP contribution in [0.2, 0.25) is 0 Å². The third kappa shape index (κ3) is 4.03. The Labute approximate surface area is 182 Å². The fraction of sp³-hybridized carbons (Fsp3) is 0.583. The lowest BCUT2D eigenvalue weighted by Crippen LogP contribution is -2.49. The van der Waals surface area contributed by atoms with Crippen LogP contribution >= 0.6 is 0 Å². The number of rotatable bonds is 6. The lowest BCUT2D eigenvalue weighted by atomic mass is 9.79. The van der Waals surface area contributed by atoms with Gasteiger partial charge in [-0.1, -0.05) is 13.8 Å². The number of H-pyrrole nitrogens is 1. The predicted octanol–water partition coefficient (Wildman–Crippen LogP) is 3.85. The van der Waals surface area contributed by atoms with Gasteiger partial charge in [0.15, 0.2) is 0 Å². The maximum atomic E-state index is 13.0. The molecule has 2 aliphatic rings. The molecule has 0 saturated carbocycles. The van der Waals surface area contributed by atoms with Crippen molar-refractivity contribution < 1.29 is 24.2 Å². The molecule has 7 nitrogen and oxygen atoms in total. The Morgan fingerprint density at radius 3 is 2.68 bits per heavy atom. The van der Waals surface area contributed by atoms with Crippen molar-refractivity contribution in [3.8, 4) is 5.75 Å². The highest BCUT2D eigenvalue weighted by atomic mass is 16.5. The van der Waals surface area contributed by atoms with E-state index in [1.54, 1.807) is 7.11 Å². The minimum Gasteiger partial charge on any atom is -0.497 e. The lowest BCUT2D eigenvalue weighted by molar-refractivity contribution is -0.145. The second-order valence-corrected chi connectivity index (χ2v) is 9.28. The number of carboxylic acids is 1. The lowest BCUT2D eigenvalue weighted by Gasteiger charge is -2.44. The van der Waals surface area contributed by atoms with Crippen LogP contribution in [-0.2, 0) is 26.3 Å². The van der Waals surface area contributed by atoms with Crippen molar-refractivity contribution in [2.24, 2.45) is 5.41 Å². The maximum absolute atomic E-state index is 13.0. The molecule has 0 bridgehead atoms. The topological polar surface area (TPSA) is 91.9 Å². The number of carbonyl (C=O) groups is 2. The molecule has 1 saturated heterocycles. The van der Waals surface area contributed by atoms with Crippen LogP contribution in [0.4, 0.5) is 0 Å². The first kappa shape index (κ1) is 21.7. The molecule has 1 aromatic carbocycles. The Morgan fingerprint density at radius 2 is 2.03 bits per heavy atom. The first-order valence-corrected chi connectivity index (χ1v) is 11.1. The number of aliphatic carboxylic acids is 1. The molecule has 2 aliphatic heterocycles. The van der Waals surface area contributed by atoms with Crippen molar-refractivity contribution in [1.82, 2.24) is 9.88 Å². The van der Waals surface area contributed by atoms with Gasteiger partial charge in [-0.2, -0.15) is 0 Å². The van der Waals surface area contributed by atoms with Gasteiger partial charge in [0.25, 0.3) is 0 Å². The van der Waals surface area contributed by atoms with Gasteiger partial charge in [-0.25, -0.2) is 0 Å². The highest BCUT2D eigenvalue weighted by molar-refractivity contribution is 5.86. The first-order chi connectivity index (χ1) is 14.8. The number of carbonyl (C=O) groups excluding carboxylic acids is 1. The monoisotopic (exact) mass is 428 g/mol. The molecule has 2 aromatic rings. The Kier molecular flexibility index (Phi) is 5.73. The Hall–Kier alpha value is -2.54. The standard InChI is InChI=1S/C24H32N2O5/c1-4-23(2,15-21(28)29)14-20(27)26-10-8-24(9-11-26)22-17(7-12-31-24)18-13-16(30-3)5-6-19(18)25-22/h5-6,13,25H,4,7-12,14-15H2,1-3H3,(H,28,29). The molecule has 1 spiro atoms. The van der Waals surface area contributed by atoms with Crippen LogP contribution in [0.1, 0.15) is 57.2 Å². The number of fused-ring (bicyclic) bond motifs is 4. The average Bonchev–Trinajstić information content (AvgIpc) is 3.13. The van der Waals surface area contributed by atoms with E-state index in [1.165, 1.54) is 10.9 Å². The third-order valence-electron chi connectivity index (χ3n) is 7.23. The van der Waals surface area contributed by atoms with Crippen LogP contribution in [-0.4, -0.2) is 53.7 Å². The van der Waals surface area contributed by atoms with Crippen molar-refractivity contribution in [1.29, 1.82) is 0 Å². The average molecular weight is 429 g/mol. The molecule has 1 atom stereocenters. The Morgan fingerprint density at radius 1 is 1.29 bits per heavy atom. The molecule has 1 aromatic heterocycles. The van der Waals surface area contributed by atoms with E-state index < -0.39 is 17.0 Å². The number of ether oxygens (including phenoxy) is 2. The van der Waals surface area contributed by atoms with Gasteiger partial charge in [-0.05, 0) is 54.9 Å². The zero-order valence-electron chi connectivity index (χ0n) is 18.6. The number of carboxylic acid groups (broad SMARTS) is 1. The van der Waals surface area contributed by atoms with E-state index in [9.17, 15) is 14.7 Å². The van der Waals surface area contributed by atoms with Gasteiger partial charge in [-0.3, -0.25) is 9.59 Å². The van der Waals surface area contributed by atoms with E-state index in [0.29, 0.717) is 26.1 Å². The molecule has 3 heterocycles. The quantitative estimate of drug-likeness (QED) is 0.729. The molecule has 168 valence electrons. The summed E-state index contributed by atoms with van der Waals surface area (Å²) in [5.74, 6) is 0.0294. The molecule has 2 N–H and O–H groups in total. The summed E-state index contributed by atoms with van der Waals surface area (Å²) in [6.45, 7) is 5.73. The summed E-state index contributed by atoms with van der Waals surface area (Å²) in [5.41, 5.74) is 2.61. The Balaban J connectivity index is 1.51. The number of hydrogen-bond acceptors (Lipinski definition) is 4. The minimum absolute atomic E-state index is 0.0119. The number of methoxy groups -OCH3 is 1. The zero-order valence-corrected chi connectivity index (χ0v) is 18.6. The number of nitrogens with one attached hydrogen (secondary N) is 1. The van der Waals surface area contributed by atoms with Crippen molar-refractivity contribution in [3.63, 3.8) is 0 Å². The van der Waals surface area contributed by atoms with Crippen LogP contribution in [0, 0.1) is 5.41 Å². The molecular formula is C24H32N2O5. The van der Waals surface area contributed by atoms with Crippen molar-refractivity contribution in [2.75, 3.05) is 26.8 Å². The fourth-order valence-corrected chi connectivity index (χ4v) is 5.09. The van der Waals surface area contributed by atoms with Crippen molar-refractivity contribution in [2.45, 2.75) is 58.0 Å². The van der Waals surface area contributed by atoms with Crippen molar-refractivity contribution in [3.05, 3.63) is 29.5 Å². The number of hydrogen-bond donors (Lipinski definition) is 2. The van der Waals surface area contributed by atoms with Crippen LogP contribution in [0.25, 0.3) is 10.9 Å². The molecule has 1 fully saturated rings. The van der Waals surface area contributed by atoms with E-state index >= 15 is 0 Å². The van der Waals surface area contributed by atoms with Gasteiger partial charge in [0.05, 0.1) is 25.8 Å². The number of likely N-dealkylation sites (tertiary alicyclic amines) is 1. The minimum atomic E-state index is -0.853. The van der Waals surface area contributed by atoms with Gasteiger partial charge in [-0.15, -0.1) is 0 Å². The van der Waals surface area contributed by atoms with E-state index in [1.807, 2.05) is 30.9 Å². The molecule has 1 amide bonds. The Bertz CT molecular complexity index is 989. The van der Waals surface area contributed by atoms with E-state index in [-0.39, 0.29) is 18.7 Å². The summed E-state index contributed by atoms with van der Waals surface area (Å²) >= 11 is 0. The number of aromatic nitrogens is 1. The number of benzene rings is 1. The molecule has 0 aliphatic carbocycles. The summed E-state index contributed by atoms with van der Waals surface area (Å²) in [7, 11) is 1.68. The molecule has 0 radical (unpaired) electrons. The van der Waals surface area contributed by atoms with Gasteiger partial charge in [0.1, 0.15) is 11.4 Å². The third-order valence-corrected chi connectivity index (χ3v) is 7.23. The number of amides is 1. The van der Waals surface area contributed by atoms with E-state index in [0.717, 1.165) is 36.2 Å². The number of piperidine rings is 1. The summed E-state index contributed by atoms with van der Waals surface area (Å²) in [6, 6.07) is 6.09. The van der Waals surface area contributed by atoms with Gasteiger partial charge < -0.3 is 24.5 Å². The van der Waals surface area contributed by atoms with Crippen LogP contribution < -0.4 is 4.74 Å². The molecule has 31 heavy (non-hydrogen) atoms. The molecule has 4 rings (SSSR count). The van der Waals surface area contributed by atoms with Gasteiger partial charge in [0, 0.05) is 30.4 Å². The highest BCUT2D eigenvalue weighted by Crippen LogP contribution is 2.44. The van der Waals surface area contributed by atoms with E-state index in [4.69, 9.17) is 9.47 Å². The van der Waals surface area contributed by atoms with Crippen LogP contribution in [0.15, 0.2) is 18.2 Å². The molecule has 7 heteroatoms. The number of aromatic amines is 1. The first-order valence-electron chi connectivity index (χ1n) is 11.1. The second kappa shape index (κ2) is 8.19. The number of nitrogens with zero attached hydrogens (tertiary/aromatic N) is 1. The summed E-state index contributed by atoms with van der Waals surface area (Å²) in [4.78, 5) is 29.6. The smallest absolute Gasteiger partial charge is 0.303 e. The predicted molar refractivity (Wildman–Crippen MR) is 117 cm³/mol. The fourth-order valence-electron chi connectivity index (χ4n) is 5.09. The maximum Gasteiger partial charge on any atom is 0.303 e. The molecular weight excluding hydrogens is 396 g/mol. The summed E-state index contributed by atoms with van der Waals surface area (Å²) in [6.07, 6.45) is 3.26.